The molecular weight excluding hydrogens is 270 g/mol. The fourth-order valence-electron chi connectivity index (χ4n) is 1.84. The summed E-state index contributed by atoms with van der Waals surface area (Å²) in [6, 6.07) is 4.09. The van der Waals surface area contributed by atoms with Gasteiger partial charge in [0, 0.05) is 6.54 Å². The fraction of sp³-hybridized carbons (Fsp3) is 0.583. The number of nitrogens with zero attached hydrogens (tertiary/aromatic N) is 1. The van der Waals surface area contributed by atoms with Crippen LogP contribution < -0.4 is 0 Å². The van der Waals surface area contributed by atoms with Gasteiger partial charge in [0.05, 0.1) is 35.3 Å². The van der Waals surface area contributed by atoms with Crippen LogP contribution in [0.2, 0.25) is 0 Å². The lowest BCUT2D eigenvalue weighted by Gasteiger charge is -2.37. The molecule has 1 saturated heterocycles. The Hall–Kier alpha value is -0.560. The van der Waals surface area contributed by atoms with Crippen LogP contribution in [0, 0.1) is 0 Å². The van der Waals surface area contributed by atoms with Gasteiger partial charge in [0.15, 0.2) is 0 Å². The number of carbonyl (C=O) groups excluding carboxylic acids is 1. The van der Waals surface area contributed by atoms with E-state index in [-0.39, 0.29) is 24.7 Å². The van der Waals surface area contributed by atoms with Gasteiger partial charge < -0.3 is 14.7 Å². The minimum atomic E-state index is -0.239. The molecule has 0 bridgehead atoms. The highest BCUT2D eigenvalue weighted by Crippen LogP contribution is 2.24. The van der Waals surface area contributed by atoms with E-state index in [0.29, 0.717) is 18.9 Å². The normalized spacial score (nSPS) is 24.2. The highest BCUT2D eigenvalue weighted by molar-refractivity contribution is 8.01. The van der Waals surface area contributed by atoms with Gasteiger partial charge in [0.2, 0.25) is 5.91 Å². The molecule has 1 aromatic heterocycles. The molecule has 1 N–H and O–H groups in total. The molecule has 6 heteroatoms. The van der Waals surface area contributed by atoms with Gasteiger partial charge in [-0.25, -0.2) is 0 Å². The van der Waals surface area contributed by atoms with Gasteiger partial charge in [-0.1, -0.05) is 6.07 Å². The highest BCUT2D eigenvalue weighted by Gasteiger charge is 2.28. The van der Waals surface area contributed by atoms with Gasteiger partial charge in [-0.3, -0.25) is 4.79 Å². The van der Waals surface area contributed by atoms with Crippen molar-refractivity contribution in [3.8, 4) is 0 Å². The van der Waals surface area contributed by atoms with E-state index in [1.807, 2.05) is 29.3 Å². The van der Waals surface area contributed by atoms with Crippen LogP contribution in [-0.2, 0) is 9.53 Å². The number of thiophene rings is 1. The Morgan fingerprint density at radius 3 is 3.22 bits per heavy atom. The molecule has 0 aromatic carbocycles. The molecule has 4 nitrogen and oxygen atoms in total. The lowest BCUT2D eigenvalue weighted by atomic mass is 10.2. The molecule has 0 aliphatic carbocycles. The van der Waals surface area contributed by atoms with Gasteiger partial charge in [0.1, 0.15) is 0 Å². The first-order chi connectivity index (χ1) is 8.70. The molecule has 2 unspecified atom stereocenters. The summed E-state index contributed by atoms with van der Waals surface area (Å²) in [5.74, 6) is 0.561. The molecule has 1 aliphatic rings. The minimum absolute atomic E-state index is 0.0332. The van der Waals surface area contributed by atoms with Gasteiger partial charge in [-0.15, -0.1) is 23.1 Å². The number of rotatable bonds is 4. The maximum Gasteiger partial charge on any atom is 0.233 e. The molecule has 1 aromatic rings. The van der Waals surface area contributed by atoms with Gasteiger partial charge in [-0.05, 0) is 18.4 Å². The largest absolute Gasteiger partial charge is 0.394 e. The van der Waals surface area contributed by atoms with Crippen molar-refractivity contribution in [1.82, 2.24) is 4.90 Å². The van der Waals surface area contributed by atoms with E-state index in [1.165, 1.54) is 0 Å². The summed E-state index contributed by atoms with van der Waals surface area (Å²) < 4.78 is 6.58. The maximum absolute atomic E-state index is 12.1. The first-order valence-corrected chi connectivity index (χ1v) is 7.75. The summed E-state index contributed by atoms with van der Waals surface area (Å²) in [5, 5.41) is 11.1. The van der Waals surface area contributed by atoms with Crippen LogP contribution in [0.1, 0.15) is 6.92 Å². The standard InChI is InChI=1S/C12H17NO3S2/c1-9-7-16-10(6-14)5-13(9)11(15)8-18-12-3-2-4-17-12/h2-4,9-10,14H,5-8H2,1H3. The Kier molecular flexibility index (Phi) is 5.05. The molecular formula is C12H17NO3S2. The van der Waals surface area contributed by atoms with Crippen molar-refractivity contribution in [2.45, 2.75) is 23.3 Å². The van der Waals surface area contributed by atoms with Crippen LogP contribution in [-0.4, -0.2) is 53.6 Å². The summed E-state index contributed by atoms with van der Waals surface area (Å²) in [4.78, 5) is 13.9. The highest BCUT2D eigenvalue weighted by atomic mass is 32.2. The van der Waals surface area contributed by atoms with Crippen molar-refractivity contribution in [1.29, 1.82) is 0 Å². The van der Waals surface area contributed by atoms with Gasteiger partial charge >= 0.3 is 0 Å². The molecule has 2 rings (SSSR count). The number of morpholine rings is 1. The quantitative estimate of drug-likeness (QED) is 0.852. The second kappa shape index (κ2) is 6.56. The summed E-state index contributed by atoms with van der Waals surface area (Å²) in [6.45, 7) is 2.93. The molecule has 0 spiro atoms. The number of hydrogen-bond acceptors (Lipinski definition) is 5. The number of amides is 1. The maximum atomic E-state index is 12.1. The monoisotopic (exact) mass is 287 g/mol. The average molecular weight is 287 g/mol. The van der Waals surface area contributed by atoms with E-state index in [9.17, 15) is 4.79 Å². The van der Waals surface area contributed by atoms with Crippen LogP contribution >= 0.6 is 23.1 Å². The number of ether oxygens (including phenoxy) is 1. The number of carbonyl (C=O) groups is 1. The third-order valence-electron chi connectivity index (χ3n) is 2.86. The topological polar surface area (TPSA) is 49.8 Å². The minimum Gasteiger partial charge on any atom is -0.394 e. The van der Waals surface area contributed by atoms with Crippen molar-refractivity contribution in [3.63, 3.8) is 0 Å². The summed E-state index contributed by atoms with van der Waals surface area (Å²) in [5.41, 5.74) is 0. The van der Waals surface area contributed by atoms with E-state index in [4.69, 9.17) is 9.84 Å². The molecule has 2 heterocycles. The van der Waals surface area contributed by atoms with E-state index in [0.717, 1.165) is 4.21 Å². The Balaban J connectivity index is 1.86. The average Bonchev–Trinajstić information content (AvgIpc) is 2.89. The van der Waals surface area contributed by atoms with Crippen molar-refractivity contribution in [2.75, 3.05) is 25.5 Å². The third-order valence-corrected chi connectivity index (χ3v) is 4.98. The number of hydrogen-bond donors (Lipinski definition) is 1. The van der Waals surface area contributed by atoms with Crippen LogP contribution in [0.25, 0.3) is 0 Å². The van der Waals surface area contributed by atoms with Crippen molar-refractivity contribution in [3.05, 3.63) is 17.5 Å². The first-order valence-electron chi connectivity index (χ1n) is 5.89. The zero-order valence-electron chi connectivity index (χ0n) is 10.2. The second-order valence-corrected chi connectivity index (χ2v) is 6.48. The van der Waals surface area contributed by atoms with Crippen molar-refractivity contribution in [2.24, 2.45) is 0 Å². The lowest BCUT2D eigenvalue weighted by molar-refractivity contribution is -0.143. The van der Waals surface area contributed by atoms with Crippen molar-refractivity contribution < 1.29 is 14.6 Å². The summed E-state index contributed by atoms with van der Waals surface area (Å²) >= 11 is 3.21. The number of aliphatic hydroxyl groups is 1. The van der Waals surface area contributed by atoms with Crippen LogP contribution in [0.5, 0.6) is 0 Å². The molecule has 100 valence electrons. The van der Waals surface area contributed by atoms with E-state index in [1.54, 1.807) is 23.1 Å². The predicted octanol–water partition coefficient (Wildman–Crippen LogP) is 1.45. The van der Waals surface area contributed by atoms with E-state index >= 15 is 0 Å². The van der Waals surface area contributed by atoms with Crippen LogP contribution in [0.15, 0.2) is 21.7 Å². The fourth-order valence-corrected chi connectivity index (χ4v) is 3.51. The van der Waals surface area contributed by atoms with Crippen LogP contribution in [0.3, 0.4) is 0 Å². The molecule has 0 radical (unpaired) electrons. The Morgan fingerprint density at radius 1 is 1.72 bits per heavy atom. The molecule has 1 aliphatic heterocycles. The van der Waals surface area contributed by atoms with Gasteiger partial charge in [0.25, 0.3) is 0 Å². The molecule has 2 atom stereocenters. The number of aliphatic hydroxyl groups excluding tert-OH is 1. The lowest BCUT2D eigenvalue weighted by Crippen LogP contribution is -2.52. The molecule has 1 amide bonds. The zero-order valence-corrected chi connectivity index (χ0v) is 11.9. The number of thioether (sulfide) groups is 1. The Morgan fingerprint density at radius 2 is 2.56 bits per heavy atom. The Labute approximate surface area is 115 Å². The van der Waals surface area contributed by atoms with Gasteiger partial charge in [-0.2, -0.15) is 0 Å². The summed E-state index contributed by atoms with van der Waals surface area (Å²) in [7, 11) is 0. The molecule has 0 saturated carbocycles. The third kappa shape index (κ3) is 3.47. The first kappa shape index (κ1) is 13.9. The van der Waals surface area contributed by atoms with Crippen molar-refractivity contribution >= 4 is 29.0 Å². The van der Waals surface area contributed by atoms with E-state index < -0.39 is 0 Å². The predicted molar refractivity (Wildman–Crippen MR) is 73.0 cm³/mol. The Bertz CT molecular complexity index is 383. The smallest absolute Gasteiger partial charge is 0.233 e. The second-order valence-electron chi connectivity index (χ2n) is 4.25. The molecule has 18 heavy (non-hydrogen) atoms. The summed E-state index contributed by atoms with van der Waals surface area (Å²) in [6.07, 6.45) is -0.239. The SMILES string of the molecule is CC1COC(CO)CN1C(=O)CSc1cccs1. The zero-order chi connectivity index (χ0) is 13.0. The molecule has 1 fully saturated rings. The van der Waals surface area contributed by atoms with E-state index in [2.05, 4.69) is 0 Å². The van der Waals surface area contributed by atoms with Crippen LogP contribution in [0.4, 0.5) is 0 Å².